The van der Waals surface area contributed by atoms with Crippen LogP contribution in [0.15, 0.2) is 18.2 Å². The van der Waals surface area contributed by atoms with Gasteiger partial charge in [-0.25, -0.2) is 9.18 Å². The Morgan fingerprint density at radius 2 is 2.17 bits per heavy atom. The van der Waals surface area contributed by atoms with Crippen LogP contribution in [0, 0.1) is 5.82 Å². The van der Waals surface area contributed by atoms with Gasteiger partial charge in [-0.05, 0) is 38.5 Å². The topological polar surface area (TPSA) is 38.3 Å². The predicted octanol–water partition coefficient (Wildman–Crippen LogP) is 3.08. The third kappa shape index (κ3) is 3.96. The van der Waals surface area contributed by atoms with Crippen molar-refractivity contribution < 1.29 is 13.9 Å². The van der Waals surface area contributed by atoms with Gasteiger partial charge in [0.05, 0.1) is 11.6 Å². The van der Waals surface area contributed by atoms with Gasteiger partial charge >= 0.3 is 5.97 Å². The molecule has 1 rings (SSSR count). The number of carbonyl (C=O) groups is 1. The second-order valence-electron chi connectivity index (χ2n) is 4.18. The molecule has 18 heavy (non-hydrogen) atoms. The van der Waals surface area contributed by atoms with Gasteiger partial charge in [0.25, 0.3) is 0 Å². The van der Waals surface area contributed by atoms with Crippen molar-refractivity contribution in [1.82, 2.24) is 5.32 Å². The van der Waals surface area contributed by atoms with E-state index in [0.29, 0.717) is 12.2 Å². The summed E-state index contributed by atoms with van der Waals surface area (Å²) in [4.78, 5) is 11.9. The molecule has 1 unspecified atom stereocenters. The third-order valence-electron chi connectivity index (χ3n) is 2.30. The van der Waals surface area contributed by atoms with Gasteiger partial charge in [0.1, 0.15) is 11.9 Å². The fraction of sp³-hybridized carbons (Fsp3) is 0.462. The van der Waals surface area contributed by atoms with E-state index in [1.165, 1.54) is 18.2 Å². The number of esters is 1. The van der Waals surface area contributed by atoms with Gasteiger partial charge in [0.2, 0.25) is 0 Å². The van der Waals surface area contributed by atoms with E-state index < -0.39 is 17.8 Å². The molecule has 0 aliphatic rings. The Bertz CT molecular complexity index is 423. The lowest BCUT2D eigenvalue weighted by Crippen LogP contribution is -2.34. The molecule has 0 bridgehead atoms. The number of halogens is 2. The lowest BCUT2D eigenvalue weighted by molar-refractivity contribution is -0.146. The average molecular weight is 274 g/mol. The summed E-state index contributed by atoms with van der Waals surface area (Å²) in [5.74, 6) is -0.901. The molecule has 0 amide bonds. The summed E-state index contributed by atoms with van der Waals surface area (Å²) < 4.78 is 18.1. The number of hydrogen-bond acceptors (Lipinski definition) is 3. The number of hydrogen-bond donors (Lipinski definition) is 1. The number of ether oxygens (including phenoxy) is 1. The molecule has 5 heteroatoms. The summed E-state index contributed by atoms with van der Waals surface area (Å²) in [5.41, 5.74) is 0.591. The summed E-state index contributed by atoms with van der Waals surface area (Å²) >= 11 is 5.72. The maximum atomic E-state index is 13.1. The van der Waals surface area contributed by atoms with Crippen molar-refractivity contribution in [3.05, 3.63) is 34.6 Å². The molecule has 100 valence electrons. The number of benzene rings is 1. The van der Waals surface area contributed by atoms with Gasteiger partial charge in [-0.15, -0.1) is 0 Å². The van der Waals surface area contributed by atoms with Crippen LogP contribution in [0.3, 0.4) is 0 Å². The largest absolute Gasteiger partial charge is 0.465 e. The van der Waals surface area contributed by atoms with Crippen LogP contribution in [0.4, 0.5) is 4.39 Å². The second kappa shape index (κ2) is 6.71. The van der Waals surface area contributed by atoms with Crippen LogP contribution < -0.4 is 5.32 Å². The van der Waals surface area contributed by atoms with Crippen LogP contribution in [0.25, 0.3) is 0 Å². The zero-order valence-corrected chi connectivity index (χ0v) is 11.4. The van der Waals surface area contributed by atoms with Crippen LogP contribution in [0.5, 0.6) is 0 Å². The third-order valence-corrected chi connectivity index (χ3v) is 2.59. The molecule has 1 aromatic rings. The van der Waals surface area contributed by atoms with E-state index in [1.54, 1.807) is 6.92 Å². The SMILES string of the molecule is CCOC(=O)C(NC(C)C)c1ccc(F)c(Cl)c1. The Labute approximate surface area is 111 Å². The molecule has 0 spiro atoms. The summed E-state index contributed by atoms with van der Waals surface area (Å²) in [6.07, 6.45) is 0. The summed E-state index contributed by atoms with van der Waals surface area (Å²) in [6, 6.07) is 3.66. The number of carbonyl (C=O) groups excluding carboxylic acids is 1. The quantitative estimate of drug-likeness (QED) is 0.838. The number of rotatable bonds is 5. The second-order valence-corrected chi connectivity index (χ2v) is 4.59. The first-order valence-electron chi connectivity index (χ1n) is 5.83. The highest BCUT2D eigenvalue weighted by atomic mass is 35.5. The molecule has 1 aromatic carbocycles. The molecule has 0 fully saturated rings. The molecule has 1 N–H and O–H groups in total. The lowest BCUT2D eigenvalue weighted by atomic mass is 10.1. The first-order chi connectivity index (χ1) is 8.45. The molecular formula is C13H17ClFNO2. The van der Waals surface area contributed by atoms with Gasteiger partial charge in [0, 0.05) is 6.04 Å². The summed E-state index contributed by atoms with van der Waals surface area (Å²) in [5, 5.41) is 3.06. The van der Waals surface area contributed by atoms with E-state index >= 15 is 0 Å². The molecule has 0 saturated carbocycles. The first kappa shape index (κ1) is 14.9. The molecule has 0 heterocycles. The maximum absolute atomic E-state index is 13.1. The minimum absolute atomic E-state index is 0.00708. The van der Waals surface area contributed by atoms with Crippen LogP contribution >= 0.6 is 11.6 Å². The minimum atomic E-state index is -0.636. The summed E-state index contributed by atoms with van der Waals surface area (Å²) in [6.45, 7) is 5.86. The van der Waals surface area contributed by atoms with E-state index in [4.69, 9.17) is 16.3 Å². The van der Waals surface area contributed by atoms with Crippen molar-refractivity contribution in [2.24, 2.45) is 0 Å². The van der Waals surface area contributed by atoms with E-state index in [1.807, 2.05) is 13.8 Å². The van der Waals surface area contributed by atoms with Crippen molar-refractivity contribution in [3.63, 3.8) is 0 Å². The monoisotopic (exact) mass is 273 g/mol. The van der Waals surface area contributed by atoms with Gasteiger partial charge in [-0.2, -0.15) is 0 Å². The highest BCUT2D eigenvalue weighted by Gasteiger charge is 2.23. The van der Waals surface area contributed by atoms with Gasteiger partial charge in [-0.3, -0.25) is 5.32 Å². The van der Waals surface area contributed by atoms with Crippen molar-refractivity contribution in [2.45, 2.75) is 32.9 Å². The Hall–Kier alpha value is -1.13. The maximum Gasteiger partial charge on any atom is 0.327 e. The summed E-state index contributed by atoms with van der Waals surface area (Å²) in [7, 11) is 0. The van der Waals surface area contributed by atoms with Gasteiger partial charge in [0.15, 0.2) is 0 Å². The highest BCUT2D eigenvalue weighted by molar-refractivity contribution is 6.30. The number of nitrogens with one attached hydrogen (secondary N) is 1. The normalized spacial score (nSPS) is 12.6. The fourth-order valence-corrected chi connectivity index (χ4v) is 1.74. The highest BCUT2D eigenvalue weighted by Crippen LogP contribution is 2.22. The van der Waals surface area contributed by atoms with Crippen molar-refractivity contribution >= 4 is 17.6 Å². The van der Waals surface area contributed by atoms with Crippen LogP contribution in [0.1, 0.15) is 32.4 Å². The van der Waals surface area contributed by atoms with E-state index in [2.05, 4.69) is 5.32 Å². The molecule has 0 aliphatic heterocycles. The molecule has 0 radical (unpaired) electrons. The molecule has 0 saturated heterocycles. The van der Waals surface area contributed by atoms with Crippen LogP contribution in [-0.2, 0) is 9.53 Å². The molecule has 1 atom stereocenters. The van der Waals surface area contributed by atoms with E-state index in [-0.39, 0.29) is 11.1 Å². The van der Waals surface area contributed by atoms with Gasteiger partial charge in [-0.1, -0.05) is 17.7 Å². The predicted molar refractivity (Wildman–Crippen MR) is 69.1 cm³/mol. The van der Waals surface area contributed by atoms with Crippen LogP contribution in [0.2, 0.25) is 5.02 Å². The Kier molecular flexibility index (Phi) is 5.56. The fourth-order valence-electron chi connectivity index (χ4n) is 1.55. The minimum Gasteiger partial charge on any atom is -0.465 e. The molecular weight excluding hydrogens is 257 g/mol. The van der Waals surface area contributed by atoms with Crippen molar-refractivity contribution in [1.29, 1.82) is 0 Å². The average Bonchev–Trinajstić information content (AvgIpc) is 2.30. The van der Waals surface area contributed by atoms with Crippen LogP contribution in [-0.4, -0.2) is 18.6 Å². The first-order valence-corrected chi connectivity index (χ1v) is 6.21. The Morgan fingerprint density at radius 1 is 1.50 bits per heavy atom. The molecule has 3 nitrogen and oxygen atoms in total. The zero-order valence-electron chi connectivity index (χ0n) is 10.7. The van der Waals surface area contributed by atoms with E-state index in [9.17, 15) is 9.18 Å². The lowest BCUT2D eigenvalue weighted by Gasteiger charge is -2.20. The van der Waals surface area contributed by atoms with Crippen molar-refractivity contribution in [2.75, 3.05) is 6.61 Å². The molecule has 0 aliphatic carbocycles. The van der Waals surface area contributed by atoms with E-state index in [0.717, 1.165) is 0 Å². The standard InChI is InChI=1S/C13H17ClFNO2/c1-4-18-13(17)12(16-8(2)3)9-5-6-11(15)10(14)7-9/h5-8,12,16H,4H2,1-3H3. The zero-order chi connectivity index (χ0) is 13.7. The van der Waals surface area contributed by atoms with Gasteiger partial charge < -0.3 is 4.74 Å². The Balaban J connectivity index is 3.00. The van der Waals surface area contributed by atoms with Crippen molar-refractivity contribution in [3.8, 4) is 0 Å². The Morgan fingerprint density at radius 3 is 2.67 bits per heavy atom. The molecule has 0 aromatic heterocycles. The smallest absolute Gasteiger partial charge is 0.327 e.